The molecule has 11 heteroatoms. The summed E-state index contributed by atoms with van der Waals surface area (Å²) in [6, 6.07) is 12.0. The Hall–Kier alpha value is -3.47. The quantitative estimate of drug-likeness (QED) is 0.366. The maximum absolute atomic E-state index is 12.2. The van der Waals surface area contributed by atoms with Crippen LogP contribution in [0.25, 0.3) is 0 Å². The third kappa shape index (κ3) is 6.85. The van der Waals surface area contributed by atoms with Gasteiger partial charge in [-0.15, -0.1) is 0 Å². The number of nitrogens with one attached hydrogen (secondary N) is 1. The summed E-state index contributed by atoms with van der Waals surface area (Å²) in [5.41, 5.74) is 2.66. The molecule has 0 aliphatic carbocycles. The molecule has 2 aromatic carbocycles. The second kappa shape index (κ2) is 9.83. The number of anilines is 1. The fourth-order valence-electron chi connectivity index (χ4n) is 2.41. The van der Waals surface area contributed by atoms with Crippen LogP contribution in [0, 0.1) is 10.1 Å². The number of nitro benzene ring substituents is 1. The molecule has 0 aliphatic heterocycles. The molecule has 10 nitrogen and oxygen atoms in total. The fraction of sp³-hybridized carbons (Fsp3) is 0.263. The lowest BCUT2D eigenvalue weighted by Gasteiger charge is -2.21. The molecule has 0 spiro atoms. The Labute approximate surface area is 174 Å². The lowest BCUT2D eigenvalue weighted by molar-refractivity contribution is -0.384. The van der Waals surface area contributed by atoms with Crippen LogP contribution >= 0.6 is 0 Å². The van der Waals surface area contributed by atoms with Gasteiger partial charge in [-0.3, -0.25) is 19.2 Å². The Morgan fingerprint density at radius 3 is 2.50 bits per heavy atom. The molecule has 0 aliphatic rings. The Morgan fingerprint density at radius 1 is 1.27 bits per heavy atom. The van der Waals surface area contributed by atoms with E-state index in [0.29, 0.717) is 11.3 Å². The predicted molar refractivity (Wildman–Crippen MR) is 113 cm³/mol. The summed E-state index contributed by atoms with van der Waals surface area (Å²) in [5, 5.41) is 14.7. The number of benzene rings is 2. The molecule has 2 rings (SSSR count). The van der Waals surface area contributed by atoms with Gasteiger partial charge < -0.3 is 4.74 Å². The third-order valence-electron chi connectivity index (χ3n) is 3.67. The maximum Gasteiger partial charge on any atom is 0.271 e. The van der Waals surface area contributed by atoms with E-state index in [9.17, 15) is 23.3 Å². The molecule has 30 heavy (non-hydrogen) atoms. The first-order chi connectivity index (χ1) is 14.1. The standard InChI is InChI=1S/C19H22N4O6S/c1-14(2)29-18-9-7-15(8-10-18)12-20-21-19(24)13-22(30(3,27)28)16-5-4-6-17(11-16)23(25)26/h4-12,14H,13H2,1-3H3,(H,21,24)/b20-12-. The van der Waals surface area contributed by atoms with Crippen LogP contribution in [0.2, 0.25) is 0 Å². The SMILES string of the molecule is CC(C)Oc1ccc(/C=N\NC(=O)CN(c2cccc([N+](=O)[O-])c2)S(C)(=O)=O)cc1. The van der Waals surface area contributed by atoms with Crippen LogP contribution in [0.15, 0.2) is 53.6 Å². The van der Waals surface area contributed by atoms with Crippen molar-refractivity contribution in [2.24, 2.45) is 5.10 Å². The van der Waals surface area contributed by atoms with E-state index in [2.05, 4.69) is 10.5 Å². The molecule has 0 aromatic heterocycles. The second-order valence-electron chi connectivity index (χ2n) is 6.58. The van der Waals surface area contributed by atoms with Gasteiger partial charge in [0, 0.05) is 12.1 Å². The summed E-state index contributed by atoms with van der Waals surface area (Å²) in [4.78, 5) is 22.5. The summed E-state index contributed by atoms with van der Waals surface area (Å²) >= 11 is 0. The van der Waals surface area contributed by atoms with E-state index in [1.54, 1.807) is 24.3 Å². The van der Waals surface area contributed by atoms with Crippen molar-refractivity contribution in [2.45, 2.75) is 20.0 Å². The van der Waals surface area contributed by atoms with Crippen molar-refractivity contribution >= 4 is 33.5 Å². The van der Waals surface area contributed by atoms with E-state index >= 15 is 0 Å². The van der Waals surface area contributed by atoms with Gasteiger partial charge in [-0.2, -0.15) is 5.10 Å². The van der Waals surface area contributed by atoms with Gasteiger partial charge >= 0.3 is 0 Å². The van der Waals surface area contributed by atoms with Crippen LogP contribution in [-0.2, 0) is 14.8 Å². The minimum Gasteiger partial charge on any atom is -0.491 e. The van der Waals surface area contributed by atoms with E-state index in [4.69, 9.17) is 4.74 Å². The summed E-state index contributed by atoms with van der Waals surface area (Å²) in [7, 11) is -3.86. The van der Waals surface area contributed by atoms with E-state index in [1.165, 1.54) is 24.4 Å². The molecule has 0 heterocycles. The number of amides is 1. The number of carbonyl (C=O) groups is 1. The van der Waals surface area contributed by atoms with E-state index in [1.807, 2.05) is 13.8 Å². The van der Waals surface area contributed by atoms with Crippen LogP contribution in [0.1, 0.15) is 19.4 Å². The number of carbonyl (C=O) groups excluding carboxylic acids is 1. The summed E-state index contributed by atoms with van der Waals surface area (Å²) in [5.74, 6) is -0.00474. The highest BCUT2D eigenvalue weighted by atomic mass is 32.2. The van der Waals surface area contributed by atoms with Gasteiger partial charge in [-0.25, -0.2) is 13.8 Å². The van der Waals surface area contributed by atoms with Gasteiger partial charge in [0.15, 0.2) is 0 Å². The van der Waals surface area contributed by atoms with Crippen molar-refractivity contribution in [2.75, 3.05) is 17.1 Å². The first-order valence-corrected chi connectivity index (χ1v) is 10.7. The fourth-order valence-corrected chi connectivity index (χ4v) is 3.26. The number of ether oxygens (including phenoxy) is 1. The van der Waals surface area contributed by atoms with E-state index < -0.39 is 27.4 Å². The molecular formula is C19H22N4O6S. The number of nitrogens with zero attached hydrogens (tertiary/aromatic N) is 3. The largest absolute Gasteiger partial charge is 0.491 e. The highest BCUT2D eigenvalue weighted by molar-refractivity contribution is 7.92. The number of non-ortho nitro benzene ring substituents is 1. The number of hydrogen-bond acceptors (Lipinski definition) is 7. The number of rotatable bonds is 9. The molecule has 0 fully saturated rings. The second-order valence-corrected chi connectivity index (χ2v) is 8.48. The van der Waals surface area contributed by atoms with Gasteiger partial charge in [-0.05, 0) is 49.7 Å². The van der Waals surface area contributed by atoms with Crippen molar-refractivity contribution in [3.05, 3.63) is 64.2 Å². The minimum atomic E-state index is -3.86. The van der Waals surface area contributed by atoms with E-state index in [0.717, 1.165) is 16.6 Å². The lowest BCUT2D eigenvalue weighted by atomic mass is 10.2. The zero-order valence-electron chi connectivity index (χ0n) is 16.7. The molecule has 1 N–H and O–H groups in total. The Morgan fingerprint density at radius 2 is 1.93 bits per heavy atom. The van der Waals surface area contributed by atoms with Crippen LogP contribution in [0.4, 0.5) is 11.4 Å². The molecule has 0 saturated heterocycles. The topological polar surface area (TPSA) is 131 Å². The molecular weight excluding hydrogens is 412 g/mol. The molecule has 1 amide bonds. The molecule has 0 bridgehead atoms. The molecule has 2 aromatic rings. The maximum atomic E-state index is 12.2. The zero-order valence-corrected chi connectivity index (χ0v) is 17.5. The predicted octanol–water partition coefficient (Wildman–Crippen LogP) is 2.30. The van der Waals surface area contributed by atoms with Crippen LogP contribution in [0.3, 0.4) is 0 Å². The minimum absolute atomic E-state index is 0.00608. The number of sulfonamides is 1. The van der Waals surface area contributed by atoms with E-state index in [-0.39, 0.29) is 17.5 Å². The Kier molecular flexibility index (Phi) is 7.48. The zero-order chi connectivity index (χ0) is 22.3. The lowest BCUT2D eigenvalue weighted by Crippen LogP contribution is -2.39. The van der Waals surface area contributed by atoms with Crippen molar-refractivity contribution < 1.29 is 22.9 Å². The molecule has 160 valence electrons. The summed E-state index contributed by atoms with van der Waals surface area (Å²) < 4.78 is 30.5. The third-order valence-corrected chi connectivity index (χ3v) is 4.81. The van der Waals surface area contributed by atoms with Crippen molar-refractivity contribution in [3.63, 3.8) is 0 Å². The van der Waals surface area contributed by atoms with Crippen LogP contribution < -0.4 is 14.5 Å². The van der Waals surface area contributed by atoms with Crippen molar-refractivity contribution in [1.82, 2.24) is 5.43 Å². The Bertz CT molecular complexity index is 1040. The van der Waals surface area contributed by atoms with Gasteiger partial charge in [0.2, 0.25) is 10.0 Å². The van der Waals surface area contributed by atoms with Gasteiger partial charge in [0.05, 0.1) is 29.2 Å². The molecule has 0 saturated carbocycles. The highest BCUT2D eigenvalue weighted by Crippen LogP contribution is 2.22. The smallest absolute Gasteiger partial charge is 0.271 e. The summed E-state index contributed by atoms with van der Waals surface area (Å²) in [6.07, 6.45) is 2.35. The average molecular weight is 434 g/mol. The van der Waals surface area contributed by atoms with Gasteiger partial charge in [0.25, 0.3) is 11.6 Å². The van der Waals surface area contributed by atoms with Crippen molar-refractivity contribution in [1.29, 1.82) is 0 Å². The summed E-state index contributed by atoms with van der Waals surface area (Å²) in [6.45, 7) is 3.25. The molecule has 0 unspecified atom stereocenters. The first kappa shape index (κ1) is 22.8. The average Bonchev–Trinajstić information content (AvgIpc) is 2.66. The van der Waals surface area contributed by atoms with Gasteiger partial charge in [-0.1, -0.05) is 6.07 Å². The monoisotopic (exact) mass is 434 g/mol. The van der Waals surface area contributed by atoms with Crippen LogP contribution in [-0.4, -0.2) is 44.4 Å². The van der Waals surface area contributed by atoms with Crippen molar-refractivity contribution in [3.8, 4) is 5.75 Å². The number of hydrazone groups is 1. The first-order valence-electron chi connectivity index (χ1n) is 8.87. The highest BCUT2D eigenvalue weighted by Gasteiger charge is 2.22. The number of nitro groups is 1. The Balaban J connectivity index is 2.05. The normalized spacial score (nSPS) is 11.5. The van der Waals surface area contributed by atoms with Gasteiger partial charge in [0.1, 0.15) is 12.3 Å². The molecule has 0 radical (unpaired) electrons. The number of hydrogen-bond donors (Lipinski definition) is 1. The molecule has 0 atom stereocenters. The van der Waals surface area contributed by atoms with Crippen LogP contribution in [0.5, 0.6) is 5.75 Å².